The fourth-order valence-electron chi connectivity index (χ4n) is 5.24. The Morgan fingerprint density at radius 1 is 1.16 bits per heavy atom. The predicted molar refractivity (Wildman–Crippen MR) is 113 cm³/mol. The van der Waals surface area contributed by atoms with Crippen molar-refractivity contribution in [2.45, 2.75) is 25.0 Å². The first-order valence-electron chi connectivity index (χ1n) is 9.92. The van der Waals surface area contributed by atoms with E-state index in [-0.39, 0.29) is 23.1 Å². The summed E-state index contributed by atoms with van der Waals surface area (Å²) >= 11 is 0. The number of fused-ring (bicyclic) bond motifs is 3. The van der Waals surface area contributed by atoms with E-state index in [1.54, 1.807) is 13.0 Å². The van der Waals surface area contributed by atoms with Gasteiger partial charge in [0.1, 0.15) is 11.5 Å². The number of nitrogens with zero attached hydrogens (tertiary/aromatic N) is 1. The van der Waals surface area contributed by atoms with E-state index >= 15 is 0 Å². The first-order chi connectivity index (χ1) is 14.8. The van der Waals surface area contributed by atoms with Gasteiger partial charge in [0.2, 0.25) is 11.7 Å². The van der Waals surface area contributed by atoms with E-state index in [9.17, 15) is 34.5 Å². The van der Waals surface area contributed by atoms with Crippen LogP contribution in [0.2, 0.25) is 0 Å². The summed E-state index contributed by atoms with van der Waals surface area (Å²) in [6, 6.07) is 1.88. The van der Waals surface area contributed by atoms with Crippen LogP contribution in [0.3, 0.4) is 0 Å². The quantitative estimate of drug-likeness (QED) is 0.231. The van der Waals surface area contributed by atoms with Gasteiger partial charge in [0.15, 0.2) is 23.1 Å². The number of nitrogens with two attached hydrogens (primary N) is 2. The summed E-state index contributed by atoms with van der Waals surface area (Å²) in [5.41, 5.74) is 8.74. The van der Waals surface area contributed by atoms with Crippen molar-refractivity contribution in [3.8, 4) is 11.5 Å². The van der Waals surface area contributed by atoms with E-state index in [1.165, 1.54) is 25.1 Å². The monoisotopic (exact) mass is 441 g/mol. The highest BCUT2D eigenvalue weighted by Gasteiger charge is 2.66. The largest absolute Gasteiger partial charge is 0.506 e. The number of anilines is 1. The number of hydrogen-bond donors (Lipinski definition) is 5. The number of carbonyl (C=O) groups excluding carboxylic acids is 4. The molecule has 0 spiro atoms. The zero-order valence-corrected chi connectivity index (χ0v) is 17.7. The summed E-state index contributed by atoms with van der Waals surface area (Å²) in [5.74, 6) is -8.78. The maximum Gasteiger partial charge on any atom is 0.235 e. The van der Waals surface area contributed by atoms with Crippen molar-refractivity contribution in [1.29, 1.82) is 0 Å². The number of primary amides is 1. The lowest BCUT2D eigenvalue weighted by Gasteiger charge is -2.48. The maximum atomic E-state index is 13.6. The summed E-state index contributed by atoms with van der Waals surface area (Å²) in [5, 5.41) is 33.2. The number of aryl methyl sites for hydroxylation is 1. The summed E-state index contributed by atoms with van der Waals surface area (Å²) in [6.45, 7) is 1.66. The summed E-state index contributed by atoms with van der Waals surface area (Å²) in [6.07, 6.45) is -0.107. The van der Waals surface area contributed by atoms with Gasteiger partial charge in [-0.2, -0.15) is 0 Å². The van der Waals surface area contributed by atoms with Gasteiger partial charge in [0, 0.05) is 5.92 Å². The van der Waals surface area contributed by atoms with Gasteiger partial charge < -0.3 is 26.8 Å². The van der Waals surface area contributed by atoms with Crippen molar-refractivity contribution in [2.75, 3.05) is 19.8 Å². The fraction of sp³-hybridized carbons (Fsp3) is 0.364. The number of aromatic hydroxyl groups is 2. The lowest BCUT2D eigenvalue weighted by atomic mass is 9.58. The molecule has 1 saturated carbocycles. The SMILES string of the molecule is Cc1c2c(c(O)c3c(O)c(N)ccc13)C(=O)C1(O)C(=O)C(C(N)=O)C(=O)C(N(C)C)C1C2. The molecule has 2 aromatic carbocycles. The lowest BCUT2D eigenvalue weighted by Crippen LogP contribution is -2.71. The smallest absolute Gasteiger partial charge is 0.235 e. The van der Waals surface area contributed by atoms with E-state index < -0.39 is 58.2 Å². The molecule has 7 N–H and O–H groups in total. The number of benzene rings is 2. The minimum Gasteiger partial charge on any atom is -0.506 e. The van der Waals surface area contributed by atoms with E-state index in [2.05, 4.69) is 0 Å². The van der Waals surface area contributed by atoms with Crippen molar-refractivity contribution < 1.29 is 34.5 Å². The molecular weight excluding hydrogens is 418 g/mol. The zero-order valence-electron chi connectivity index (χ0n) is 17.7. The van der Waals surface area contributed by atoms with Gasteiger partial charge in [-0.1, -0.05) is 6.07 Å². The van der Waals surface area contributed by atoms with E-state index in [4.69, 9.17) is 11.5 Å². The summed E-state index contributed by atoms with van der Waals surface area (Å²) in [4.78, 5) is 53.1. The van der Waals surface area contributed by atoms with Crippen LogP contribution in [0, 0.1) is 18.8 Å². The molecule has 32 heavy (non-hydrogen) atoms. The average molecular weight is 441 g/mol. The highest BCUT2D eigenvalue weighted by Crippen LogP contribution is 2.50. The molecule has 4 atom stereocenters. The van der Waals surface area contributed by atoms with E-state index in [0.717, 1.165) is 0 Å². The number of phenolic OH excluding ortho intramolecular Hbond substituents is 2. The Morgan fingerprint density at radius 3 is 2.34 bits per heavy atom. The highest BCUT2D eigenvalue weighted by molar-refractivity contribution is 6.33. The summed E-state index contributed by atoms with van der Waals surface area (Å²) < 4.78 is 0. The Hall–Kier alpha value is -3.50. The average Bonchev–Trinajstić information content (AvgIpc) is 2.70. The molecule has 0 saturated heterocycles. The molecule has 0 bridgehead atoms. The molecule has 0 heterocycles. The molecule has 0 aromatic heterocycles. The molecule has 10 heteroatoms. The van der Waals surface area contributed by atoms with Crippen LogP contribution in [-0.2, 0) is 20.8 Å². The molecule has 0 radical (unpaired) electrons. The Balaban J connectivity index is 2.07. The van der Waals surface area contributed by atoms with Gasteiger partial charge in [-0.25, -0.2) is 0 Å². The van der Waals surface area contributed by atoms with Crippen molar-refractivity contribution in [1.82, 2.24) is 4.90 Å². The van der Waals surface area contributed by atoms with Crippen molar-refractivity contribution in [3.05, 3.63) is 28.8 Å². The second kappa shape index (κ2) is 6.75. The molecule has 0 aliphatic heterocycles. The van der Waals surface area contributed by atoms with Crippen molar-refractivity contribution in [2.24, 2.45) is 17.6 Å². The second-order valence-corrected chi connectivity index (χ2v) is 8.67. The van der Waals surface area contributed by atoms with Crippen molar-refractivity contribution >= 4 is 39.7 Å². The number of ketones is 3. The number of carbonyl (C=O) groups is 4. The zero-order chi connectivity index (χ0) is 23.9. The third-order valence-corrected chi connectivity index (χ3v) is 6.81. The van der Waals surface area contributed by atoms with Gasteiger partial charge in [-0.15, -0.1) is 0 Å². The molecule has 10 nitrogen and oxygen atoms in total. The highest BCUT2D eigenvalue weighted by atomic mass is 16.3. The number of hydrogen-bond acceptors (Lipinski definition) is 9. The number of phenols is 2. The minimum atomic E-state index is -2.76. The molecule has 2 aromatic rings. The van der Waals surface area contributed by atoms with E-state index in [1.807, 2.05) is 0 Å². The normalized spacial score (nSPS) is 27.5. The van der Waals surface area contributed by atoms with Gasteiger partial charge >= 0.3 is 0 Å². The third-order valence-electron chi connectivity index (χ3n) is 6.81. The van der Waals surface area contributed by atoms with Crippen LogP contribution in [0.4, 0.5) is 5.69 Å². The van der Waals surface area contributed by atoms with Crippen LogP contribution < -0.4 is 11.5 Å². The van der Waals surface area contributed by atoms with Crippen LogP contribution >= 0.6 is 0 Å². The second-order valence-electron chi connectivity index (χ2n) is 8.67. The Labute approximate surface area is 182 Å². The molecule has 1 amide bonds. The predicted octanol–water partition coefficient (Wildman–Crippen LogP) is -0.589. The first kappa shape index (κ1) is 21.7. The van der Waals surface area contributed by atoms with Crippen LogP contribution in [0.15, 0.2) is 12.1 Å². The number of aliphatic hydroxyl groups is 1. The van der Waals surface area contributed by atoms with Gasteiger partial charge in [0.25, 0.3) is 0 Å². The lowest BCUT2D eigenvalue weighted by molar-refractivity contribution is -0.162. The van der Waals surface area contributed by atoms with E-state index in [0.29, 0.717) is 16.5 Å². The molecule has 168 valence electrons. The van der Waals surface area contributed by atoms with Gasteiger partial charge in [-0.05, 0) is 50.0 Å². The van der Waals surface area contributed by atoms with Crippen LogP contribution in [-0.4, -0.2) is 69.2 Å². The molecule has 2 aliphatic rings. The molecule has 4 unspecified atom stereocenters. The van der Waals surface area contributed by atoms with Crippen molar-refractivity contribution in [3.63, 3.8) is 0 Å². The maximum absolute atomic E-state index is 13.6. The standard InChI is InChI=1S/C22H23N3O7/c1-7-8-4-5-11(23)16(26)12(8)17(27)13-9(7)6-10-15(25(2)3)18(28)14(21(24)31)20(30)22(10,32)19(13)29/h4-5,10,14-15,26-27,32H,6,23H2,1-3H3,(H2,24,31). The number of likely N-dealkylation sites (N-methyl/N-ethyl adjacent to an activating group) is 1. The molecule has 1 fully saturated rings. The number of rotatable bonds is 2. The topological polar surface area (TPSA) is 184 Å². The van der Waals surface area contributed by atoms with Crippen LogP contribution in [0.1, 0.15) is 21.5 Å². The van der Waals surface area contributed by atoms with Gasteiger partial charge in [0.05, 0.1) is 22.7 Å². The Bertz CT molecular complexity index is 1250. The Kier molecular flexibility index (Phi) is 4.58. The van der Waals surface area contributed by atoms with Gasteiger partial charge in [-0.3, -0.25) is 24.1 Å². The molecular formula is C22H23N3O7. The number of amides is 1. The number of Topliss-reactive ketones (excluding diaryl/α,β-unsaturated/α-hetero) is 3. The minimum absolute atomic E-state index is 0.0344. The molecule has 4 rings (SSSR count). The molecule has 2 aliphatic carbocycles. The first-order valence-corrected chi connectivity index (χ1v) is 9.92. The van der Waals surface area contributed by atoms with Crippen LogP contribution in [0.25, 0.3) is 10.8 Å². The Morgan fingerprint density at radius 2 is 1.78 bits per heavy atom. The third kappa shape index (κ3) is 2.47. The number of nitrogen functional groups attached to an aromatic ring is 1. The van der Waals surface area contributed by atoms with Crippen LogP contribution in [0.5, 0.6) is 11.5 Å². The fourth-order valence-corrected chi connectivity index (χ4v) is 5.24. The summed E-state index contributed by atoms with van der Waals surface area (Å²) in [7, 11) is 3.06.